The third-order valence-electron chi connectivity index (χ3n) is 4.82. The highest BCUT2D eigenvalue weighted by Gasteiger charge is 2.37. The van der Waals surface area contributed by atoms with Gasteiger partial charge in [0, 0.05) is 11.3 Å². The molecular weight excluding hydrogens is 370 g/mol. The summed E-state index contributed by atoms with van der Waals surface area (Å²) in [5.74, 6) is -1.15. The standard InChI is InChI=1S/C16H20F2N2O3S2/c17-14-2-1-13(9-15(14)18)24-10-16(21)20-6-4-19(5-7-20)12-3-8-25(22,23)11-12/h1-2,9,12H,3-8,10-11H2/p+1/t12-/m0/s1. The maximum Gasteiger partial charge on any atom is 0.233 e. The Morgan fingerprint density at radius 3 is 2.56 bits per heavy atom. The monoisotopic (exact) mass is 391 g/mol. The number of halogens is 2. The van der Waals surface area contributed by atoms with Gasteiger partial charge in [-0.15, -0.1) is 11.8 Å². The molecule has 1 aromatic rings. The number of hydrogen-bond donors (Lipinski definition) is 1. The molecule has 2 heterocycles. The Kier molecular flexibility index (Phi) is 5.65. The van der Waals surface area contributed by atoms with Crippen molar-refractivity contribution in [2.45, 2.75) is 17.4 Å². The molecule has 3 rings (SSSR count). The fraction of sp³-hybridized carbons (Fsp3) is 0.562. The van der Waals surface area contributed by atoms with E-state index in [0.29, 0.717) is 24.4 Å². The van der Waals surface area contributed by atoms with E-state index in [1.54, 1.807) is 4.90 Å². The molecule has 9 heteroatoms. The molecule has 2 aliphatic heterocycles. The normalized spacial score (nSPS) is 23.8. The maximum absolute atomic E-state index is 13.2. The van der Waals surface area contributed by atoms with E-state index in [1.807, 2.05) is 0 Å². The van der Waals surface area contributed by atoms with Crippen molar-refractivity contribution in [2.75, 3.05) is 43.4 Å². The predicted molar refractivity (Wildman–Crippen MR) is 91.4 cm³/mol. The first-order valence-corrected chi connectivity index (χ1v) is 11.1. The molecule has 25 heavy (non-hydrogen) atoms. The number of sulfone groups is 1. The molecule has 0 aliphatic carbocycles. The van der Waals surface area contributed by atoms with Crippen molar-refractivity contribution in [2.24, 2.45) is 0 Å². The molecule has 2 saturated heterocycles. The molecule has 5 nitrogen and oxygen atoms in total. The van der Waals surface area contributed by atoms with Crippen molar-refractivity contribution < 1.29 is 26.9 Å². The summed E-state index contributed by atoms with van der Waals surface area (Å²) in [7, 11) is -2.88. The number of nitrogens with one attached hydrogen (secondary N) is 1. The second-order valence-electron chi connectivity index (χ2n) is 6.50. The van der Waals surface area contributed by atoms with Crippen LogP contribution in [0, 0.1) is 11.6 Å². The van der Waals surface area contributed by atoms with E-state index in [1.165, 1.54) is 22.7 Å². The third kappa shape index (κ3) is 4.71. The van der Waals surface area contributed by atoms with Crippen molar-refractivity contribution in [3.05, 3.63) is 29.8 Å². The SMILES string of the molecule is O=C(CSc1ccc(F)c(F)c1)N1CC[NH+]([C@H]2CCS(=O)(=O)C2)CC1. The zero-order valence-corrected chi connectivity index (χ0v) is 15.3. The molecule has 1 atom stereocenters. The summed E-state index contributed by atoms with van der Waals surface area (Å²) in [5, 5.41) is 0. The zero-order chi connectivity index (χ0) is 18.0. The van der Waals surface area contributed by atoms with Gasteiger partial charge in [0.2, 0.25) is 5.91 Å². The average molecular weight is 391 g/mol. The van der Waals surface area contributed by atoms with Gasteiger partial charge in [-0.1, -0.05) is 0 Å². The Morgan fingerprint density at radius 2 is 1.96 bits per heavy atom. The summed E-state index contributed by atoms with van der Waals surface area (Å²) >= 11 is 1.19. The predicted octanol–water partition coefficient (Wildman–Crippen LogP) is -0.0289. The number of amides is 1. The fourth-order valence-electron chi connectivity index (χ4n) is 3.37. The van der Waals surface area contributed by atoms with E-state index in [-0.39, 0.29) is 29.2 Å². The summed E-state index contributed by atoms with van der Waals surface area (Å²) in [6.07, 6.45) is 0.706. The molecule has 1 aromatic carbocycles. The van der Waals surface area contributed by atoms with Gasteiger partial charge in [0.25, 0.3) is 0 Å². The van der Waals surface area contributed by atoms with Crippen LogP contribution in [0.25, 0.3) is 0 Å². The number of hydrogen-bond acceptors (Lipinski definition) is 4. The summed E-state index contributed by atoms with van der Waals surface area (Å²) in [4.78, 5) is 15.8. The Hall–Kier alpha value is -1.19. The molecule has 0 spiro atoms. The second kappa shape index (κ2) is 7.59. The van der Waals surface area contributed by atoms with Gasteiger partial charge in [-0.25, -0.2) is 17.2 Å². The lowest BCUT2D eigenvalue weighted by atomic mass is 10.2. The zero-order valence-electron chi connectivity index (χ0n) is 13.7. The Bertz CT molecular complexity index is 750. The van der Waals surface area contributed by atoms with E-state index >= 15 is 0 Å². The van der Waals surface area contributed by atoms with Crippen molar-refractivity contribution in [1.29, 1.82) is 0 Å². The summed E-state index contributed by atoms with van der Waals surface area (Å²) in [5.41, 5.74) is 0. The second-order valence-corrected chi connectivity index (χ2v) is 9.78. The van der Waals surface area contributed by atoms with Gasteiger partial charge in [-0.05, 0) is 18.2 Å². The molecule has 1 N–H and O–H groups in total. The van der Waals surface area contributed by atoms with Gasteiger partial charge in [0.1, 0.15) is 11.8 Å². The van der Waals surface area contributed by atoms with Gasteiger partial charge < -0.3 is 9.80 Å². The number of carbonyl (C=O) groups excluding carboxylic acids is 1. The molecule has 2 aliphatic rings. The topological polar surface area (TPSA) is 58.9 Å². The Labute approximate surface area is 150 Å². The van der Waals surface area contributed by atoms with Crippen LogP contribution in [-0.2, 0) is 14.6 Å². The van der Waals surface area contributed by atoms with Gasteiger partial charge in [0.05, 0.1) is 37.7 Å². The molecule has 0 aromatic heterocycles. The number of thioether (sulfide) groups is 1. The van der Waals surface area contributed by atoms with Gasteiger partial charge in [-0.2, -0.15) is 0 Å². The van der Waals surface area contributed by atoms with Crippen molar-refractivity contribution in [3.63, 3.8) is 0 Å². The molecule has 0 unspecified atom stereocenters. The first-order valence-electron chi connectivity index (χ1n) is 8.25. The number of benzene rings is 1. The van der Waals surface area contributed by atoms with Crippen LogP contribution in [0.1, 0.15) is 6.42 Å². The fourth-order valence-corrected chi connectivity index (χ4v) is 6.02. The molecule has 0 saturated carbocycles. The van der Waals surface area contributed by atoms with Crippen LogP contribution in [0.3, 0.4) is 0 Å². The van der Waals surface area contributed by atoms with Gasteiger partial charge in [0.15, 0.2) is 21.5 Å². The number of piperazine rings is 1. The van der Waals surface area contributed by atoms with E-state index < -0.39 is 21.5 Å². The quantitative estimate of drug-likeness (QED) is 0.733. The lowest BCUT2D eigenvalue weighted by Gasteiger charge is -2.35. The Balaban J connectivity index is 1.46. The van der Waals surface area contributed by atoms with Crippen LogP contribution in [0.15, 0.2) is 23.1 Å². The molecular formula is C16H21F2N2O3S2+. The van der Waals surface area contributed by atoms with Crippen molar-refractivity contribution in [3.8, 4) is 0 Å². The third-order valence-corrected chi connectivity index (χ3v) is 7.57. The molecule has 138 valence electrons. The lowest BCUT2D eigenvalue weighted by molar-refractivity contribution is -0.925. The highest BCUT2D eigenvalue weighted by Crippen LogP contribution is 2.20. The van der Waals surface area contributed by atoms with E-state index in [2.05, 4.69) is 0 Å². The maximum atomic E-state index is 13.2. The van der Waals surface area contributed by atoms with Crippen LogP contribution in [0.5, 0.6) is 0 Å². The minimum atomic E-state index is -2.88. The minimum absolute atomic E-state index is 0.0344. The molecule has 0 radical (unpaired) electrons. The van der Waals surface area contributed by atoms with Crippen LogP contribution in [0.2, 0.25) is 0 Å². The van der Waals surface area contributed by atoms with Gasteiger partial charge in [-0.3, -0.25) is 4.79 Å². The van der Waals surface area contributed by atoms with Crippen LogP contribution >= 0.6 is 11.8 Å². The molecule has 1 amide bonds. The average Bonchev–Trinajstić information content (AvgIpc) is 2.96. The highest BCUT2D eigenvalue weighted by molar-refractivity contribution is 8.00. The van der Waals surface area contributed by atoms with E-state index in [0.717, 1.165) is 25.2 Å². The number of nitrogens with zero attached hydrogens (tertiary/aromatic N) is 1. The first kappa shape index (κ1) is 18.6. The van der Waals surface area contributed by atoms with E-state index in [4.69, 9.17) is 0 Å². The Morgan fingerprint density at radius 1 is 1.24 bits per heavy atom. The van der Waals surface area contributed by atoms with Crippen LogP contribution in [0.4, 0.5) is 8.78 Å². The first-order chi connectivity index (χ1) is 11.8. The van der Waals surface area contributed by atoms with Crippen LogP contribution in [-0.4, -0.2) is 68.7 Å². The smallest absolute Gasteiger partial charge is 0.233 e. The molecule has 0 bridgehead atoms. The minimum Gasteiger partial charge on any atom is -0.331 e. The summed E-state index contributed by atoms with van der Waals surface area (Å²) < 4.78 is 49.3. The number of quaternary nitrogens is 1. The lowest BCUT2D eigenvalue weighted by Crippen LogP contribution is -3.18. The van der Waals surface area contributed by atoms with E-state index in [9.17, 15) is 22.0 Å². The number of rotatable bonds is 4. The number of carbonyl (C=O) groups is 1. The van der Waals surface area contributed by atoms with Crippen LogP contribution < -0.4 is 4.90 Å². The molecule has 2 fully saturated rings. The summed E-state index contributed by atoms with van der Waals surface area (Å²) in [6, 6.07) is 3.76. The highest BCUT2D eigenvalue weighted by atomic mass is 32.2. The largest absolute Gasteiger partial charge is 0.331 e. The van der Waals surface area contributed by atoms with Gasteiger partial charge >= 0.3 is 0 Å². The van der Waals surface area contributed by atoms with Crippen molar-refractivity contribution in [1.82, 2.24) is 4.90 Å². The summed E-state index contributed by atoms with van der Waals surface area (Å²) in [6.45, 7) is 2.70. The van der Waals surface area contributed by atoms with Crippen molar-refractivity contribution >= 4 is 27.5 Å².